The number of rotatable bonds is 3. The van der Waals surface area contributed by atoms with Crippen LogP contribution in [0.1, 0.15) is 25.3 Å². The lowest BCUT2D eigenvalue weighted by Crippen LogP contribution is -2.49. The molecule has 2 unspecified atom stereocenters. The highest BCUT2D eigenvalue weighted by molar-refractivity contribution is 5.76. The number of carbonyl (C=O) groups is 1. The Morgan fingerprint density at radius 1 is 1.50 bits per heavy atom. The summed E-state index contributed by atoms with van der Waals surface area (Å²) in [6.07, 6.45) is 2.52. The van der Waals surface area contributed by atoms with E-state index in [-0.39, 0.29) is 0 Å². The van der Waals surface area contributed by atoms with E-state index in [0.717, 1.165) is 12.8 Å². The maximum atomic E-state index is 11.8. The van der Waals surface area contributed by atoms with Crippen molar-refractivity contribution in [3.05, 3.63) is 29.8 Å². The average Bonchev–Trinajstić information content (AvgIpc) is 2.76. The third kappa shape index (κ3) is 2.18. The average molecular weight is 275 g/mol. The van der Waals surface area contributed by atoms with Crippen molar-refractivity contribution >= 4 is 11.7 Å². The van der Waals surface area contributed by atoms with Crippen LogP contribution in [0.4, 0.5) is 5.69 Å². The minimum atomic E-state index is -0.760. The van der Waals surface area contributed by atoms with Crippen LogP contribution in [-0.4, -0.2) is 36.9 Å². The van der Waals surface area contributed by atoms with E-state index in [4.69, 9.17) is 4.74 Å². The van der Waals surface area contributed by atoms with Gasteiger partial charge in [-0.05, 0) is 37.8 Å². The van der Waals surface area contributed by atoms with Gasteiger partial charge in [-0.15, -0.1) is 0 Å². The van der Waals surface area contributed by atoms with Crippen LogP contribution in [0.2, 0.25) is 0 Å². The molecule has 3 rings (SSSR count). The van der Waals surface area contributed by atoms with Crippen LogP contribution in [-0.2, 0) is 16.0 Å². The van der Waals surface area contributed by atoms with Crippen LogP contribution in [0.5, 0.6) is 0 Å². The Hall–Kier alpha value is -1.55. The number of anilines is 1. The fourth-order valence-electron chi connectivity index (χ4n) is 3.41. The highest BCUT2D eigenvalue weighted by atomic mass is 16.5. The molecule has 2 heterocycles. The fourth-order valence-corrected chi connectivity index (χ4v) is 3.41. The summed E-state index contributed by atoms with van der Waals surface area (Å²) < 4.78 is 5.47. The zero-order valence-electron chi connectivity index (χ0n) is 11.8. The molecule has 1 fully saturated rings. The first kappa shape index (κ1) is 13.4. The standard InChI is InChI=1S/C16H21NO3/c1-12-9-13-5-2-3-6-14(13)17(12)10-16(15(18)19)7-4-8-20-11-16/h2-3,5-6,12H,4,7-11H2,1H3,(H,18,19). The van der Waals surface area contributed by atoms with Gasteiger partial charge >= 0.3 is 5.97 Å². The molecular formula is C16H21NO3. The van der Waals surface area contributed by atoms with Crippen LogP contribution in [0.15, 0.2) is 24.3 Å². The van der Waals surface area contributed by atoms with Gasteiger partial charge in [-0.1, -0.05) is 18.2 Å². The fraction of sp³-hybridized carbons (Fsp3) is 0.562. The molecule has 1 aromatic carbocycles. The van der Waals surface area contributed by atoms with E-state index in [1.165, 1.54) is 11.3 Å². The van der Waals surface area contributed by atoms with Gasteiger partial charge in [0.2, 0.25) is 0 Å². The number of hydrogen-bond donors (Lipinski definition) is 1. The summed E-state index contributed by atoms with van der Waals surface area (Å²) in [6.45, 7) is 3.72. The summed E-state index contributed by atoms with van der Waals surface area (Å²) in [6, 6.07) is 8.65. The number of carboxylic acid groups (broad SMARTS) is 1. The van der Waals surface area contributed by atoms with Crippen molar-refractivity contribution in [3.63, 3.8) is 0 Å². The van der Waals surface area contributed by atoms with Crippen LogP contribution < -0.4 is 4.90 Å². The van der Waals surface area contributed by atoms with Gasteiger partial charge in [0.15, 0.2) is 0 Å². The molecule has 0 saturated carbocycles. The molecule has 0 radical (unpaired) electrons. The van der Waals surface area contributed by atoms with Crippen LogP contribution in [0, 0.1) is 5.41 Å². The van der Waals surface area contributed by atoms with Crippen molar-refractivity contribution in [3.8, 4) is 0 Å². The first-order valence-electron chi connectivity index (χ1n) is 7.28. The largest absolute Gasteiger partial charge is 0.481 e. The number of aliphatic carboxylic acids is 1. The van der Waals surface area contributed by atoms with Crippen molar-refractivity contribution in [2.24, 2.45) is 5.41 Å². The zero-order chi connectivity index (χ0) is 14.2. The van der Waals surface area contributed by atoms with Crippen molar-refractivity contribution in [1.29, 1.82) is 0 Å². The van der Waals surface area contributed by atoms with Crippen molar-refractivity contribution < 1.29 is 14.6 Å². The Labute approximate surface area is 119 Å². The molecule has 0 spiro atoms. The summed E-state index contributed by atoms with van der Waals surface area (Å²) in [4.78, 5) is 14.0. The first-order valence-corrected chi connectivity index (χ1v) is 7.28. The second-order valence-corrected chi connectivity index (χ2v) is 6.05. The van der Waals surface area contributed by atoms with Gasteiger partial charge in [0, 0.05) is 24.9 Å². The SMILES string of the molecule is CC1Cc2ccccc2N1CC1(C(=O)O)CCCOC1. The van der Waals surface area contributed by atoms with Gasteiger partial charge in [0.05, 0.1) is 6.61 Å². The van der Waals surface area contributed by atoms with E-state index in [0.29, 0.717) is 32.2 Å². The molecule has 0 aliphatic carbocycles. The van der Waals surface area contributed by atoms with E-state index in [1.807, 2.05) is 12.1 Å². The Morgan fingerprint density at radius 2 is 2.30 bits per heavy atom. The van der Waals surface area contributed by atoms with Crippen molar-refractivity contribution in [1.82, 2.24) is 0 Å². The van der Waals surface area contributed by atoms with E-state index in [2.05, 4.69) is 24.0 Å². The molecule has 0 aromatic heterocycles. The molecule has 1 N–H and O–H groups in total. The number of hydrogen-bond acceptors (Lipinski definition) is 3. The molecule has 0 amide bonds. The number of para-hydroxylation sites is 1. The molecule has 1 aromatic rings. The summed E-state index contributed by atoms with van der Waals surface area (Å²) in [5, 5.41) is 9.68. The minimum Gasteiger partial charge on any atom is -0.481 e. The number of benzene rings is 1. The number of nitrogens with zero attached hydrogens (tertiary/aromatic N) is 1. The molecular weight excluding hydrogens is 254 g/mol. The van der Waals surface area contributed by atoms with Gasteiger partial charge < -0.3 is 14.7 Å². The molecule has 0 bridgehead atoms. The summed E-state index contributed by atoms with van der Waals surface area (Å²) in [5.74, 6) is -0.728. The number of ether oxygens (including phenoxy) is 1. The molecule has 2 aliphatic rings. The number of fused-ring (bicyclic) bond motifs is 1. The summed E-state index contributed by atoms with van der Waals surface area (Å²) >= 11 is 0. The van der Waals surface area contributed by atoms with E-state index in [9.17, 15) is 9.90 Å². The summed E-state index contributed by atoms with van der Waals surface area (Å²) in [5.41, 5.74) is 1.74. The Bertz CT molecular complexity index is 508. The zero-order valence-corrected chi connectivity index (χ0v) is 11.8. The topological polar surface area (TPSA) is 49.8 Å². The Morgan fingerprint density at radius 3 is 3.00 bits per heavy atom. The summed E-state index contributed by atoms with van der Waals surface area (Å²) in [7, 11) is 0. The maximum Gasteiger partial charge on any atom is 0.313 e. The van der Waals surface area contributed by atoms with Gasteiger partial charge in [-0.25, -0.2) is 0 Å². The predicted molar refractivity (Wildman–Crippen MR) is 77.1 cm³/mol. The lowest BCUT2D eigenvalue weighted by Gasteiger charge is -2.38. The smallest absolute Gasteiger partial charge is 0.313 e. The normalized spacial score (nSPS) is 29.2. The quantitative estimate of drug-likeness (QED) is 0.919. The highest BCUT2D eigenvalue weighted by Crippen LogP contribution is 2.37. The second kappa shape index (κ2) is 5.09. The van der Waals surface area contributed by atoms with E-state index >= 15 is 0 Å². The van der Waals surface area contributed by atoms with E-state index < -0.39 is 11.4 Å². The molecule has 4 heteroatoms. The minimum absolute atomic E-state index is 0.327. The highest BCUT2D eigenvalue weighted by Gasteiger charge is 2.44. The van der Waals surface area contributed by atoms with Crippen LogP contribution in [0.3, 0.4) is 0 Å². The lowest BCUT2D eigenvalue weighted by atomic mass is 9.81. The molecule has 108 valence electrons. The predicted octanol–water partition coefficient (Wildman–Crippen LogP) is 2.32. The second-order valence-electron chi connectivity index (χ2n) is 6.05. The first-order chi connectivity index (χ1) is 9.62. The molecule has 2 aliphatic heterocycles. The van der Waals surface area contributed by atoms with Gasteiger partial charge in [0.1, 0.15) is 5.41 Å². The lowest BCUT2D eigenvalue weighted by molar-refractivity contribution is -0.156. The van der Waals surface area contributed by atoms with E-state index in [1.54, 1.807) is 0 Å². The van der Waals surface area contributed by atoms with Crippen LogP contribution >= 0.6 is 0 Å². The third-order valence-electron chi connectivity index (χ3n) is 4.60. The van der Waals surface area contributed by atoms with Crippen molar-refractivity contribution in [2.75, 3.05) is 24.7 Å². The molecule has 1 saturated heterocycles. The van der Waals surface area contributed by atoms with Gasteiger partial charge in [-0.2, -0.15) is 0 Å². The molecule has 4 nitrogen and oxygen atoms in total. The Balaban J connectivity index is 1.87. The molecule has 2 atom stereocenters. The monoisotopic (exact) mass is 275 g/mol. The van der Waals surface area contributed by atoms with Crippen molar-refractivity contribution in [2.45, 2.75) is 32.2 Å². The molecule has 20 heavy (non-hydrogen) atoms. The number of carboxylic acids is 1. The maximum absolute atomic E-state index is 11.8. The van der Waals surface area contributed by atoms with Crippen LogP contribution in [0.25, 0.3) is 0 Å². The van der Waals surface area contributed by atoms with Gasteiger partial charge in [0.25, 0.3) is 0 Å². The Kier molecular flexibility index (Phi) is 3.42. The third-order valence-corrected chi connectivity index (χ3v) is 4.60. The van der Waals surface area contributed by atoms with Gasteiger partial charge in [-0.3, -0.25) is 4.79 Å².